The molecule has 1 aromatic carbocycles. The predicted molar refractivity (Wildman–Crippen MR) is 91.1 cm³/mol. The van der Waals surface area contributed by atoms with Crippen molar-refractivity contribution < 1.29 is 14.0 Å². The van der Waals surface area contributed by atoms with E-state index in [0.29, 0.717) is 9.93 Å². The van der Waals surface area contributed by atoms with Gasteiger partial charge in [-0.05, 0) is 49.4 Å². The van der Waals surface area contributed by atoms with Crippen LogP contribution in [0.5, 0.6) is 0 Å². The molecule has 2 amide bonds. The highest BCUT2D eigenvalue weighted by molar-refractivity contribution is 8.18. The van der Waals surface area contributed by atoms with E-state index < -0.39 is 0 Å². The molecule has 4 nitrogen and oxygen atoms in total. The zero-order valence-electron chi connectivity index (χ0n) is 12.6. The van der Waals surface area contributed by atoms with Crippen LogP contribution in [0.3, 0.4) is 0 Å². The topological polar surface area (TPSA) is 50.5 Å². The minimum Gasteiger partial charge on any atom is -0.466 e. The lowest BCUT2D eigenvalue weighted by molar-refractivity contribution is -0.123. The fourth-order valence-corrected chi connectivity index (χ4v) is 3.39. The van der Waals surface area contributed by atoms with Gasteiger partial charge < -0.3 is 4.42 Å². The zero-order chi connectivity index (χ0) is 16.6. The van der Waals surface area contributed by atoms with Crippen molar-refractivity contribution in [3.05, 3.63) is 62.9 Å². The highest BCUT2D eigenvalue weighted by Crippen LogP contribution is 2.34. The van der Waals surface area contributed by atoms with Crippen LogP contribution in [-0.4, -0.2) is 16.0 Å². The zero-order valence-corrected chi connectivity index (χ0v) is 14.2. The molecular formula is C17H14ClNO3S. The molecule has 0 saturated carbocycles. The van der Waals surface area contributed by atoms with Gasteiger partial charge in [0.25, 0.3) is 11.1 Å². The van der Waals surface area contributed by atoms with Crippen molar-refractivity contribution in [1.29, 1.82) is 0 Å². The van der Waals surface area contributed by atoms with E-state index in [9.17, 15) is 9.59 Å². The van der Waals surface area contributed by atoms with Crippen molar-refractivity contribution in [2.24, 2.45) is 0 Å². The van der Waals surface area contributed by atoms with Crippen LogP contribution < -0.4 is 0 Å². The number of nitrogens with zero attached hydrogens (tertiary/aromatic N) is 1. The molecule has 0 spiro atoms. The first-order valence-electron chi connectivity index (χ1n) is 7.01. The average Bonchev–Trinajstić information content (AvgIpc) is 2.95. The molecule has 2 aromatic rings. The quantitative estimate of drug-likeness (QED) is 0.749. The summed E-state index contributed by atoms with van der Waals surface area (Å²) in [5.41, 5.74) is 1.55. The van der Waals surface area contributed by atoms with E-state index >= 15 is 0 Å². The summed E-state index contributed by atoms with van der Waals surface area (Å²) in [4.78, 5) is 26.3. The summed E-state index contributed by atoms with van der Waals surface area (Å²) in [7, 11) is 0. The summed E-state index contributed by atoms with van der Waals surface area (Å²) >= 11 is 7.04. The Balaban J connectivity index is 1.86. The highest BCUT2D eigenvalue weighted by atomic mass is 35.5. The van der Waals surface area contributed by atoms with Gasteiger partial charge in [0.15, 0.2) is 0 Å². The Morgan fingerprint density at radius 1 is 1.26 bits per heavy atom. The molecule has 1 aliphatic rings. The maximum absolute atomic E-state index is 12.5. The Hall–Kier alpha value is -1.98. The Labute approximate surface area is 143 Å². The molecular weight excluding hydrogens is 334 g/mol. The Morgan fingerprint density at radius 2 is 2.00 bits per heavy atom. The molecule has 0 radical (unpaired) electrons. The van der Waals surface area contributed by atoms with E-state index in [1.54, 1.807) is 18.2 Å². The van der Waals surface area contributed by atoms with Gasteiger partial charge in [0, 0.05) is 10.6 Å². The molecule has 1 saturated heterocycles. The summed E-state index contributed by atoms with van der Waals surface area (Å²) < 4.78 is 5.44. The molecule has 23 heavy (non-hydrogen) atoms. The number of amides is 2. The molecule has 0 aliphatic carbocycles. The van der Waals surface area contributed by atoms with Gasteiger partial charge >= 0.3 is 0 Å². The summed E-state index contributed by atoms with van der Waals surface area (Å²) in [6.45, 7) is 3.84. The maximum atomic E-state index is 12.5. The average molecular weight is 348 g/mol. The molecule has 3 rings (SSSR count). The number of furan rings is 1. The highest BCUT2D eigenvalue weighted by Gasteiger charge is 2.35. The van der Waals surface area contributed by atoms with E-state index in [-0.39, 0.29) is 17.7 Å². The van der Waals surface area contributed by atoms with Crippen LogP contribution in [-0.2, 0) is 11.3 Å². The number of hydrogen-bond acceptors (Lipinski definition) is 4. The van der Waals surface area contributed by atoms with Gasteiger partial charge in [-0.25, -0.2) is 0 Å². The second kappa shape index (κ2) is 6.26. The molecule has 1 aromatic heterocycles. The number of rotatable bonds is 3. The van der Waals surface area contributed by atoms with Crippen LogP contribution in [0, 0.1) is 13.8 Å². The molecule has 0 unspecified atom stereocenters. The third kappa shape index (κ3) is 3.21. The van der Waals surface area contributed by atoms with Gasteiger partial charge in [-0.1, -0.05) is 29.8 Å². The largest absolute Gasteiger partial charge is 0.466 e. The van der Waals surface area contributed by atoms with Crippen molar-refractivity contribution in [1.82, 2.24) is 4.90 Å². The molecule has 0 atom stereocenters. The summed E-state index contributed by atoms with van der Waals surface area (Å²) in [5, 5.41) is 0.246. The van der Waals surface area contributed by atoms with Crippen LogP contribution in [0.4, 0.5) is 4.79 Å². The summed E-state index contributed by atoms with van der Waals surface area (Å²) in [6.07, 6.45) is 1.70. The van der Waals surface area contributed by atoms with Crippen LogP contribution in [0.25, 0.3) is 6.08 Å². The molecule has 118 valence electrons. The molecule has 6 heteroatoms. The minimum atomic E-state index is -0.307. The van der Waals surface area contributed by atoms with Gasteiger partial charge in [0.05, 0.1) is 11.4 Å². The summed E-state index contributed by atoms with van der Waals surface area (Å²) in [6, 6.07) is 9.02. The normalized spacial score (nSPS) is 16.7. The Morgan fingerprint density at radius 3 is 2.65 bits per heavy atom. The number of carbonyl (C=O) groups is 2. The smallest absolute Gasteiger partial charge is 0.293 e. The standard InChI is InChI=1S/C17H14ClNO3S/c1-10-7-13(11(2)22-10)8-15-16(20)19(17(21)23-15)9-12-5-3-4-6-14(12)18/h3-8H,9H2,1-2H3/b15-8-. The fraction of sp³-hybridized carbons (Fsp3) is 0.176. The van der Waals surface area contributed by atoms with Crippen molar-refractivity contribution in [3.8, 4) is 0 Å². The van der Waals surface area contributed by atoms with E-state index in [0.717, 1.165) is 34.4 Å². The lowest BCUT2D eigenvalue weighted by Crippen LogP contribution is -2.27. The lowest BCUT2D eigenvalue weighted by atomic mass is 10.2. The maximum Gasteiger partial charge on any atom is 0.293 e. The Kier molecular flexibility index (Phi) is 4.33. The van der Waals surface area contributed by atoms with Crippen LogP contribution in [0.2, 0.25) is 5.02 Å². The monoisotopic (exact) mass is 347 g/mol. The number of carbonyl (C=O) groups excluding carboxylic acids is 2. The predicted octanol–water partition coefficient (Wildman–Crippen LogP) is 4.79. The molecule has 2 heterocycles. The van der Waals surface area contributed by atoms with Crippen molar-refractivity contribution in [2.45, 2.75) is 20.4 Å². The van der Waals surface area contributed by atoms with E-state index in [1.807, 2.05) is 32.0 Å². The van der Waals surface area contributed by atoms with Gasteiger partial charge in [-0.15, -0.1) is 0 Å². The number of aryl methyl sites for hydroxylation is 2. The van der Waals surface area contributed by atoms with E-state index in [1.165, 1.54) is 4.90 Å². The van der Waals surface area contributed by atoms with Gasteiger partial charge in [0.2, 0.25) is 0 Å². The number of imide groups is 1. The van der Waals surface area contributed by atoms with Crippen LogP contribution in [0.15, 0.2) is 39.7 Å². The first-order chi connectivity index (χ1) is 11.0. The first-order valence-corrected chi connectivity index (χ1v) is 8.21. The fourth-order valence-electron chi connectivity index (χ4n) is 2.37. The van der Waals surface area contributed by atoms with Gasteiger partial charge in [-0.3, -0.25) is 14.5 Å². The second-order valence-electron chi connectivity index (χ2n) is 5.23. The van der Waals surface area contributed by atoms with Gasteiger partial charge in [0.1, 0.15) is 11.5 Å². The Bertz CT molecular complexity index is 825. The van der Waals surface area contributed by atoms with E-state index in [2.05, 4.69) is 0 Å². The third-order valence-electron chi connectivity index (χ3n) is 3.53. The van der Waals surface area contributed by atoms with Crippen molar-refractivity contribution >= 4 is 40.6 Å². The number of hydrogen-bond donors (Lipinski definition) is 0. The lowest BCUT2D eigenvalue weighted by Gasteiger charge is -2.13. The van der Waals surface area contributed by atoms with Crippen LogP contribution >= 0.6 is 23.4 Å². The minimum absolute atomic E-state index is 0.172. The number of halogens is 1. The van der Waals surface area contributed by atoms with Crippen molar-refractivity contribution in [3.63, 3.8) is 0 Å². The van der Waals surface area contributed by atoms with Crippen LogP contribution in [0.1, 0.15) is 22.6 Å². The second-order valence-corrected chi connectivity index (χ2v) is 6.63. The summed E-state index contributed by atoms with van der Waals surface area (Å²) in [5.74, 6) is 1.18. The van der Waals surface area contributed by atoms with Gasteiger partial charge in [-0.2, -0.15) is 0 Å². The third-order valence-corrected chi connectivity index (χ3v) is 4.80. The molecule has 1 fully saturated rings. The van der Waals surface area contributed by atoms with Crippen molar-refractivity contribution in [2.75, 3.05) is 0 Å². The molecule has 0 bridgehead atoms. The SMILES string of the molecule is Cc1cc(/C=C2\SC(=O)N(Cc3ccccc3Cl)C2=O)c(C)o1. The first kappa shape index (κ1) is 15.9. The number of benzene rings is 1. The molecule has 1 aliphatic heterocycles. The molecule has 0 N–H and O–H groups in total. The van der Waals surface area contributed by atoms with E-state index in [4.69, 9.17) is 16.0 Å². The number of thioether (sulfide) groups is 1.